The first-order chi connectivity index (χ1) is 17.0. The Morgan fingerprint density at radius 3 is 2.47 bits per heavy atom. The lowest BCUT2D eigenvalue weighted by molar-refractivity contribution is -0.141. The number of alkyl halides is 3. The number of nitrogens with one attached hydrogen (secondary N) is 1. The fraction of sp³-hybridized carbons (Fsp3) is 0.609. The molecule has 3 saturated heterocycles. The Kier molecular flexibility index (Phi) is 6.25. The van der Waals surface area contributed by atoms with Gasteiger partial charge in [-0.3, -0.25) is 9.59 Å². The summed E-state index contributed by atoms with van der Waals surface area (Å²) in [6, 6.07) is 5.66. The zero-order chi connectivity index (χ0) is 25.8. The molecule has 0 aromatic heterocycles. The standard InChI is InChI=1S/C23H26F3N5O4S/c24-23(25,26)16-5-3-14(4-6-16)10-28-21(32)19-2-1-7-30(19)22(33)18-13-31(20-8-17(18)20)36(34,35)29-11-15(9-27)12-29/h3-6,15,17-20H,1-2,7-8,10-13H2,(H,28,32)/t17-,18-,19+,20-/m0/s1. The van der Waals surface area contributed by atoms with Crippen molar-refractivity contribution in [1.82, 2.24) is 18.8 Å². The van der Waals surface area contributed by atoms with Crippen molar-refractivity contribution in [3.8, 4) is 6.07 Å². The SMILES string of the molecule is N#CC1CN(S(=O)(=O)N2C[C@H](C(=O)N3CCC[C@@H]3C(=O)NCc3ccc(C(F)(F)F)cc3)[C@@H]3C[C@@H]32)C1. The molecule has 13 heteroatoms. The van der Waals surface area contributed by atoms with Crippen molar-refractivity contribution in [3.05, 3.63) is 35.4 Å². The Bertz CT molecular complexity index is 1190. The van der Waals surface area contributed by atoms with Gasteiger partial charge in [-0.2, -0.15) is 35.5 Å². The highest BCUT2D eigenvalue weighted by molar-refractivity contribution is 7.86. The molecule has 3 aliphatic heterocycles. The van der Waals surface area contributed by atoms with Gasteiger partial charge in [0, 0.05) is 38.8 Å². The van der Waals surface area contributed by atoms with E-state index in [-0.39, 0.29) is 55.9 Å². The minimum atomic E-state index is -4.43. The summed E-state index contributed by atoms with van der Waals surface area (Å²) in [5.41, 5.74) is -0.260. The van der Waals surface area contributed by atoms with Crippen LogP contribution in [0.4, 0.5) is 13.2 Å². The average molecular weight is 526 g/mol. The number of nitriles is 1. The summed E-state index contributed by atoms with van der Waals surface area (Å²) >= 11 is 0. The van der Waals surface area contributed by atoms with Crippen molar-refractivity contribution >= 4 is 22.0 Å². The van der Waals surface area contributed by atoms with Crippen molar-refractivity contribution in [1.29, 1.82) is 5.26 Å². The number of fused-ring (bicyclic) bond motifs is 1. The van der Waals surface area contributed by atoms with Gasteiger partial charge in [0.25, 0.3) is 10.2 Å². The van der Waals surface area contributed by atoms with Gasteiger partial charge in [0.1, 0.15) is 6.04 Å². The molecule has 0 bridgehead atoms. The normalized spacial score (nSPS) is 28.9. The van der Waals surface area contributed by atoms with Gasteiger partial charge in [0.2, 0.25) is 11.8 Å². The molecule has 1 saturated carbocycles. The maximum Gasteiger partial charge on any atom is 0.416 e. The van der Waals surface area contributed by atoms with E-state index in [1.807, 2.05) is 0 Å². The number of rotatable bonds is 6. The second-order valence-electron chi connectivity index (χ2n) is 9.90. The summed E-state index contributed by atoms with van der Waals surface area (Å²) in [4.78, 5) is 27.8. The lowest BCUT2D eigenvalue weighted by Gasteiger charge is -2.37. The van der Waals surface area contributed by atoms with Crippen LogP contribution in [0, 0.1) is 29.1 Å². The van der Waals surface area contributed by atoms with Gasteiger partial charge >= 0.3 is 6.18 Å². The van der Waals surface area contributed by atoms with Gasteiger partial charge in [-0.15, -0.1) is 0 Å². The number of halogens is 3. The van der Waals surface area contributed by atoms with Crippen molar-refractivity contribution < 1.29 is 31.2 Å². The van der Waals surface area contributed by atoms with Crippen molar-refractivity contribution in [2.24, 2.45) is 17.8 Å². The van der Waals surface area contributed by atoms with Crippen LogP contribution >= 0.6 is 0 Å². The van der Waals surface area contributed by atoms with Crippen LogP contribution < -0.4 is 5.32 Å². The number of carbonyl (C=O) groups excluding carboxylic acids is 2. The van der Waals surface area contributed by atoms with Gasteiger partial charge < -0.3 is 10.2 Å². The predicted molar refractivity (Wildman–Crippen MR) is 120 cm³/mol. The fourth-order valence-corrected chi connectivity index (χ4v) is 7.41. The molecule has 4 aliphatic rings. The molecule has 1 N–H and O–H groups in total. The van der Waals surface area contributed by atoms with E-state index >= 15 is 0 Å². The van der Waals surface area contributed by atoms with Crippen molar-refractivity contribution in [2.75, 3.05) is 26.2 Å². The summed E-state index contributed by atoms with van der Waals surface area (Å²) in [5.74, 6) is -1.50. The van der Waals surface area contributed by atoms with E-state index in [0.717, 1.165) is 12.1 Å². The van der Waals surface area contributed by atoms with Gasteiger partial charge in [0.05, 0.1) is 23.5 Å². The zero-order valence-electron chi connectivity index (χ0n) is 19.3. The van der Waals surface area contributed by atoms with Crippen LogP contribution in [-0.4, -0.2) is 72.0 Å². The van der Waals surface area contributed by atoms with Gasteiger partial charge in [-0.1, -0.05) is 12.1 Å². The largest absolute Gasteiger partial charge is 0.416 e. The van der Waals surface area contributed by atoms with Crippen molar-refractivity contribution in [2.45, 2.75) is 44.1 Å². The predicted octanol–water partition coefficient (Wildman–Crippen LogP) is 1.33. The van der Waals surface area contributed by atoms with E-state index in [9.17, 15) is 31.2 Å². The quantitative estimate of drug-likeness (QED) is 0.602. The number of nitrogens with zero attached hydrogens (tertiary/aromatic N) is 4. The van der Waals surface area contributed by atoms with E-state index in [2.05, 4.69) is 11.4 Å². The number of likely N-dealkylation sites (tertiary alicyclic amines) is 1. The second kappa shape index (κ2) is 9.00. The van der Waals surface area contributed by atoms with Crippen LogP contribution in [0.2, 0.25) is 0 Å². The summed E-state index contributed by atoms with van der Waals surface area (Å²) in [5, 5.41) is 11.7. The molecule has 2 amide bonds. The van der Waals surface area contributed by atoms with Crippen LogP contribution in [-0.2, 0) is 32.5 Å². The second-order valence-corrected chi connectivity index (χ2v) is 11.8. The van der Waals surface area contributed by atoms with E-state index in [4.69, 9.17) is 5.26 Å². The highest BCUT2D eigenvalue weighted by Gasteiger charge is 2.61. The minimum absolute atomic E-state index is 0.0369. The number of carbonyl (C=O) groups is 2. The molecule has 4 atom stereocenters. The molecule has 1 aliphatic carbocycles. The molecular weight excluding hydrogens is 499 g/mol. The topological polar surface area (TPSA) is 114 Å². The molecule has 3 heterocycles. The average Bonchev–Trinajstić information content (AvgIpc) is 3.25. The van der Waals surface area contributed by atoms with Gasteiger partial charge in [-0.05, 0) is 42.9 Å². The Morgan fingerprint density at radius 2 is 1.83 bits per heavy atom. The third-order valence-corrected chi connectivity index (χ3v) is 9.59. The molecule has 5 rings (SSSR count). The van der Waals surface area contributed by atoms with Crippen molar-refractivity contribution in [3.63, 3.8) is 0 Å². The zero-order valence-corrected chi connectivity index (χ0v) is 20.1. The summed E-state index contributed by atoms with van der Waals surface area (Å²) in [6.07, 6.45) is -2.73. The third-order valence-electron chi connectivity index (χ3n) is 7.63. The van der Waals surface area contributed by atoms with Crippen LogP contribution in [0.3, 0.4) is 0 Å². The molecule has 1 aromatic carbocycles. The molecule has 0 spiro atoms. The number of amides is 2. The lowest BCUT2D eigenvalue weighted by atomic mass is 10.0. The monoisotopic (exact) mass is 525 g/mol. The molecule has 4 fully saturated rings. The maximum absolute atomic E-state index is 13.4. The van der Waals surface area contributed by atoms with Crippen LogP contribution in [0.25, 0.3) is 0 Å². The van der Waals surface area contributed by atoms with Crippen LogP contribution in [0.15, 0.2) is 24.3 Å². The Morgan fingerprint density at radius 1 is 1.14 bits per heavy atom. The highest BCUT2D eigenvalue weighted by Crippen LogP contribution is 2.51. The lowest BCUT2D eigenvalue weighted by Crippen LogP contribution is -2.55. The highest BCUT2D eigenvalue weighted by atomic mass is 32.2. The maximum atomic E-state index is 13.4. The number of benzene rings is 1. The van der Waals surface area contributed by atoms with Gasteiger partial charge in [-0.25, -0.2) is 0 Å². The first kappa shape index (κ1) is 25.0. The van der Waals surface area contributed by atoms with Crippen LogP contribution in [0.5, 0.6) is 0 Å². The molecule has 194 valence electrons. The third kappa shape index (κ3) is 4.46. The van der Waals surface area contributed by atoms with E-state index in [0.29, 0.717) is 31.4 Å². The molecule has 9 nitrogen and oxygen atoms in total. The fourth-order valence-electron chi connectivity index (χ4n) is 5.45. The molecule has 36 heavy (non-hydrogen) atoms. The Labute approximate surface area is 207 Å². The van der Waals surface area contributed by atoms with Crippen LogP contribution in [0.1, 0.15) is 30.4 Å². The number of piperidine rings is 1. The van der Waals surface area contributed by atoms with Gasteiger partial charge in [0.15, 0.2) is 0 Å². The molecular formula is C23H26F3N5O4S. The first-order valence-corrected chi connectivity index (χ1v) is 13.3. The first-order valence-electron chi connectivity index (χ1n) is 11.9. The minimum Gasteiger partial charge on any atom is -0.350 e. The number of hydrogen-bond acceptors (Lipinski definition) is 5. The Hall–Kier alpha value is -2.69. The molecule has 0 radical (unpaired) electrons. The molecule has 1 aromatic rings. The van der Waals surface area contributed by atoms with E-state index in [1.54, 1.807) is 0 Å². The Balaban J connectivity index is 1.19. The van der Waals surface area contributed by atoms with E-state index in [1.165, 1.54) is 25.6 Å². The number of hydrogen-bond donors (Lipinski definition) is 1. The smallest absolute Gasteiger partial charge is 0.350 e. The summed E-state index contributed by atoms with van der Waals surface area (Å²) in [6.45, 7) is 0.834. The van der Waals surface area contributed by atoms with E-state index < -0.39 is 33.9 Å². The summed E-state index contributed by atoms with van der Waals surface area (Å²) in [7, 11) is -3.73. The molecule has 0 unspecified atom stereocenters. The summed E-state index contributed by atoms with van der Waals surface area (Å²) < 4.78 is 66.8.